The van der Waals surface area contributed by atoms with Gasteiger partial charge in [-0.05, 0) is 43.3 Å². The summed E-state index contributed by atoms with van der Waals surface area (Å²) in [6.45, 7) is 1.94. The van der Waals surface area contributed by atoms with Crippen LogP contribution in [0.15, 0.2) is 64.8 Å². The van der Waals surface area contributed by atoms with E-state index < -0.39 is 11.9 Å². The molecule has 0 bridgehead atoms. The van der Waals surface area contributed by atoms with E-state index in [1.54, 1.807) is 6.92 Å². The number of esters is 1. The molecular weight excluding hydrogens is 392 g/mol. The number of carbonyl (C=O) groups is 2. The van der Waals surface area contributed by atoms with Gasteiger partial charge in [-0.2, -0.15) is 5.11 Å². The highest BCUT2D eigenvalue weighted by Crippen LogP contribution is 2.45. The number of azo groups is 1. The van der Waals surface area contributed by atoms with Crippen LogP contribution in [0.2, 0.25) is 0 Å². The summed E-state index contributed by atoms with van der Waals surface area (Å²) in [6.07, 6.45) is 0. The van der Waals surface area contributed by atoms with Crippen LogP contribution >= 0.6 is 11.3 Å². The number of hydrogen-bond acceptors (Lipinski definition) is 8. The molecule has 0 amide bonds. The molecule has 29 heavy (non-hydrogen) atoms. The Morgan fingerprint density at radius 1 is 1.10 bits per heavy atom. The zero-order chi connectivity index (χ0) is 20.8. The number of nitrogens with one attached hydrogen (secondary N) is 1. The van der Waals surface area contributed by atoms with Crippen molar-refractivity contribution in [2.45, 2.75) is 6.92 Å². The number of rotatable bonds is 7. The second-order valence-electron chi connectivity index (χ2n) is 5.79. The van der Waals surface area contributed by atoms with Crippen LogP contribution < -0.4 is 11.1 Å². The van der Waals surface area contributed by atoms with E-state index in [0.717, 1.165) is 17.0 Å². The zero-order valence-corrected chi connectivity index (χ0v) is 16.3. The van der Waals surface area contributed by atoms with Crippen molar-refractivity contribution in [1.29, 1.82) is 0 Å². The minimum absolute atomic E-state index is 0.148. The van der Waals surface area contributed by atoms with Gasteiger partial charge in [-0.25, -0.2) is 9.59 Å². The third-order valence-corrected chi connectivity index (χ3v) is 4.88. The molecule has 0 aliphatic carbocycles. The lowest BCUT2D eigenvalue weighted by Crippen LogP contribution is -2.04. The van der Waals surface area contributed by atoms with Gasteiger partial charge in [0.1, 0.15) is 15.6 Å². The first-order chi connectivity index (χ1) is 14.0. The van der Waals surface area contributed by atoms with Crippen molar-refractivity contribution in [2.75, 3.05) is 17.7 Å². The highest BCUT2D eigenvalue weighted by molar-refractivity contribution is 7.19. The first kappa shape index (κ1) is 20.0. The van der Waals surface area contributed by atoms with Crippen molar-refractivity contribution in [3.63, 3.8) is 0 Å². The van der Waals surface area contributed by atoms with E-state index >= 15 is 0 Å². The summed E-state index contributed by atoms with van der Waals surface area (Å²) in [5, 5.41) is 21.0. The van der Waals surface area contributed by atoms with E-state index in [0.29, 0.717) is 16.4 Å². The van der Waals surface area contributed by atoms with E-state index in [4.69, 9.17) is 15.6 Å². The number of nitrogen functional groups attached to an aromatic ring is 1. The van der Waals surface area contributed by atoms with Crippen molar-refractivity contribution in [1.82, 2.24) is 0 Å². The molecule has 3 rings (SSSR count). The van der Waals surface area contributed by atoms with Crippen molar-refractivity contribution in [3.05, 3.63) is 65.0 Å². The number of nitrogens with zero attached hydrogens (tertiary/aromatic N) is 2. The topological polar surface area (TPSA) is 126 Å². The van der Waals surface area contributed by atoms with Gasteiger partial charge >= 0.3 is 11.9 Å². The van der Waals surface area contributed by atoms with Crippen LogP contribution in [-0.2, 0) is 4.74 Å². The highest BCUT2D eigenvalue weighted by atomic mass is 32.1. The average molecular weight is 410 g/mol. The minimum Gasteiger partial charge on any atom is -0.478 e. The molecule has 1 heterocycles. The Bertz CT molecular complexity index is 1050. The number of aromatic carboxylic acids is 1. The molecule has 1 aromatic heterocycles. The lowest BCUT2D eigenvalue weighted by Gasteiger charge is -2.04. The monoisotopic (exact) mass is 410 g/mol. The Labute approximate surface area is 170 Å². The minimum atomic E-state index is -1.02. The van der Waals surface area contributed by atoms with Crippen molar-refractivity contribution in [2.24, 2.45) is 10.2 Å². The average Bonchev–Trinajstić information content (AvgIpc) is 3.03. The first-order valence-electron chi connectivity index (χ1n) is 8.66. The fraction of sp³-hybridized carbons (Fsp3) is 0.100. The molecule has 0 aliphatic heterocycles. The second kappa shape index (κ2) is 8.98. The van der Waals surface area contributed by atoms with Gasteiger partial charge < -0.3 is 20.9 Å². The van der Waals surface area contributed by atoms with E-state index in [1.165, 1.54) is 24.3 Å². The number of thiophene rings is 1. The third-order valence-electron chi connectivity index (χ3n) is 3.79. The number of carboxylic acids is 1. The Hall–Kier alpha value is -3.72. The van der Waals surface area contributed by atoms with Gasteiger partial charge in [0.2, 0.25) is 0 Å². The Balaban J connectivity index is 1.96. The second-order valence-corrected chi connectivity index (χ2v) is 6.81. The normalized spacial score (nSPS) is 10.8. The van der Waals surface area contributed by atoms with E-state index in [1.807, 2.05) is 30.3 Å². The summed E-state index contributed by atoms with van der Waals surface area (Å²) in [4.78, 5) is 23.4. The molecule has 0 unspecified atom stereocenters. The predicted molar refractivity (Wildman–Crippen MR) is 112 cm³/mol. The van der Waals surface area contributed by atoms with Gasteiger partial charge in [-0.15, -0.1) is 16.5 Å². The maximum Gasteiger partial charge on any atom is 0.350 e. The summed E-state index contributed by atoms with van der Waals surface area (Å²) in [5.41, 5.74) is 8.02. The van der Waals surface area contributed by atoms with E-state index in [-0.39, 0.29) is 22.7 Å². The molecule has 0 saturated carbocycles. The fourth-order valence-electron chi connectivity index (χ4n) is 2.40. The molecular formula is C20H18N4O4S. The number of hydrogen-bond donors (Lipinski definition) is 3. The van der Waals surface area contributed by atoms with Gasteiger partial charge in [0.15, 0.2) is 0 Å². The number of carbonyl (C=O) groups excluding carboxylic acids is 1. The predicted octanol–water partition coefficient (Wildman–Crippen LogP) is 5.36. The number of ether oxygens (including phenoxy) is 1. The van der Waals surface area contributed by atoms with Crippen LogP contribution in [0.5, 0.6) is 0 Å². The standard InChI is InChI=1S/C20H18N4O4S/c1-2-28-20(27)17-15(21)16(18(29-17)22-13-6-4-3-5-7-13)24-23-14-10-8-12(9-11-14)19(25)26/h3-11,22H,2,21H2,1H3,(H,25,26). The summed E-state index contributed by atoms with van der Waals surface area (Å²) in [5.74, 6) is -1.55. The molecule has 148 valence electrons. The van der Waals surface area contributed by atoms with Crippen LogP contribution in [0.25, 0.3) is 0 Å². The van der Waals surface area contributed by atoms with Crippen LogP contribution in [0.4, 0.5) is 27.8 Å². The third kappa shape index (κ3) is 4.77. The molecule has 3 aromatic rings. The maximum atomic E-state index is 12.2. The number of benzene rings is 2. The summed E-state index contributed by atoms with van der Waals surface area (Å²) >= 11 is 1.13. The zero-order valence-electron chi connectivity index (χ0n) is 15.5. The molecule has 9 heteroatoms. The molecule has 0 fully saturated rings. The van der Waals surface area contributed by atoms with Crippen LogP contribution in [-0.4, -0.2) is 23.7 Å². The number of para-hydroxylation sites is 1. The number of carboxylic acid groups (broad SMARTS) is 1. The fourth-order valence-corrected chi connectivity index (χ4v) is 3.37. The van der Waals surface area contributed by atoms with Gasteiger partial charge in [0.05, 0.1) is 23.5 Å². The number of anilines is 3. The smallest absolute Gasteiger partial charge is 0.350 e. The lowest BCUT2D eigenvalue weighted by atomic mass is 10.2. The lowest BCUT2D eigenvalue weighted by molar-refractivity contribution is 0.0532. The highest BCUT2D eigenvalue weighted by Gasteiger charge is 2.22. The quantitative estimate of drug-likeness (QED) is 0.355. The first-order valence-corrected chi connectivity index (χ1v) is 9.47. The molecule has 0 atom stereocenters. The Morgan fingerprint density at radius 2 is 1.79 bits per heavy atom. The maximum absolute atomic E-state index is 12.2. The van der Waals surface area contributed by atoms with E-state index in [9.17, 15) is 9.59 Å². The van der Waals surface area contributed by atoms with Crippen LogP contribution in [0.1, 0.15) is 27.0 Å². The summed E-state index contributed by atoms with van der Waals surface area (Å²) in [6, 6.07) is 15.3. The number of nitrogens with two attached hydrogens (primary N) is 1. The van der Waals surface area contributed by atoms with Crippen molar-refractivity contribution >= 4 is 51.0 Å². The SMILES string of the molecule is CCOC(=O)c1sc(Nc2ccccc2)c(N=Nc2ccc(C(=O)O)cc2)c1N. The molecule has 0 saturated heterocycles. The molecule has 0 radical (unpaired) electrons. The van der Waals surface area contributed by atoms with Gasteiger partial charge in [-0.3, -0.25) is 0 Å². The van der Waals surface area contributed by atoms with Crippen molar-refractivity contribution in [3.8, 4) is 0 Å². The molecule has 2 aromatic carbocycles. The van der Waals surface area contributed by atoms with Gasteiger partial charge in [0, 0.05) is 5.69 Å². The largest absolute Gasteiger partial charge is 0.478 e. The van der Waals surface area contributed by atoms with Crippen LogP contribution in [0, 0.1) is 0 Å². The van der Waals surface area contributed by atoms with E-state index in [2.05, 4.69) is 15.5 Å². The van der Waals surface area contributed by atoms with Gasteiger partial charge in [-0.1, -0.05) is 18.2 Å². The molecule has 0 spiro atoms. The molecule has 4 N–H and O–H groups in total. The Morgan fingerprint density at radius 3 is 2.41 bits per heavy atom. The summed E-state index contributed by atoms with van der Waals surface area (Å²) < 4.78 is 5.06. The molecule has 8 nitrogen and oxygen atoms in total. The van der Waals surface area contributed by atoms with Crippen LogP contribution in [0.3, 0.4) is 0 Å². The molecule has 0 aliphatic rings. The van der Waals surface area contributed by atoms with Crippen molar-refractivity contribution < 1.29 is 19.4 Å². The summed E-state index contributed by atoms with van der Waals surface area (Å²) in [7, 11) is 0. The Kier molecular flexibility index (Phi) is 6.20. The van der Waals surface area contributed by atoms with Gasteiger partial charge in [0.25, 0.3) is 0 Å².